The minimum Gasteiger partial charge on any atom is -0.356 e. The summed E-state index contributed by atoms with van der Waals surface area (Å²) in [7, 11) is 0. The van der Waals surface area contributed by atoms with Crippen molar-refractivity contribution in [2.45, 2.75) is 12.8 Å². The fourth-order valence-electron chi connectivity index (χ4n) is 2.75. The molecule has 1 aromatic carbocycles. The number of hydrogen-bond donors (Lipinski definition) is 2. The zero-order valence-corrected chi connectivity index (χ0v) is 13.9. The fraction of sp³-hybridized carbons (Fsp3) is 0.500. The number of amides is 1. The second-order valence-corrected chi connectivity index (χ2v) is 5.60. The Balaban J connectivity index is 0.00000192. The number of fused-ring (bicyclic) bond motifs is 1. The average Bonchev–Trinajstić information content (AvgIpc) is 2.96. The lowest BCUT2D eigenvalue weighted by Crippen LogP contribution is -2.44. The Morgan fingerprint density at radius 1 is 1.30 bits per heavy atom. The Morgan fingerprint density at radius 2 is 2.09 bits per heavy atom. The molecule has 2 heterocycles. The molecule has 0 aliphatic carbocycles. The Labute approximate surface area is 142 Å². The summed E-state index contributed by atoms with van der Waals surface area (Å²) in [6.45, 7) is 6.06. The van der Waals surface area contributed by atoms with E-state index in [4.69, 9.17) is 4.52 Å². The van der Waals surface area contributed by atoms with Crippen LogP contribution < -0.4 is 10.6 Å². The maximum absolute atomic E-state index is 12.0. The van der Waals surface area contributed by atoms with E-state index in [1.165, 1.54) is 0 Å². The zero-order chi connectivity index (χ0) is 15.2. The minimum absolute atomic E-state index is 0. The minimum atomic E-state index is -0.000589. The van der Waals surface area contributed by atoms with Gasteiger partial charge in [-0.15, -0.1) is 12.4 Å². The van der Waals surface area contributed by atoms with Crippen LogP contribution in [0.4, 0.5) is 0 Å². The zero-order valence-electron chi connectivity index (χ0n) is 13.1. The number of carbonyl (C=O) groups excluding carboxylic acids is 1. The van der Waals surface area contributed by atoms with Gasteiger partial charge in [-0.25, -0.2) is 0 Å². The molecule has 126 valence electrons. The molecular weight excluding hydrogens is 316 g/mol. The van der Waals surface area contributed by atoms with Gasteiger partial charge < -0.3 is 20.1 Å². The first-order valence-corrected chi connectivity index (χ1v) is 7.86. The summed E-state index contributed by atoms with van der Waals surface area (Å²) >= 11 is 0. The maximum atomic E-state index is 12.0. The molecule has 2 N–H and O–H groups in total. The van der Waals surface area contributed by atoms with Gasteiger partial charge >= 0.3 is 0 Å². The van der Waals surface area contributed by atoms with E-state index in [0.29, 0.717) is 12.2 Å². The number of carbonyl (C=O) groups is 1. The van der Waals surface area contributed by atoms with Crippen LogP contribution in [-0.2, 0) is 11.2 Å². The molecule has 1 aromatic heterocycles. The molecule has 3 rings (SSSR count). The number of nitrogens with one attached hydrogen (secondary N) is 2. The van der Waals surface area contributed by atoms with Crippen LogP contribution in [0.1, 0.15) is 12.1 Å². The molecule has 0 bridgehead atoms. The number of halogens is 1. The number of rotatable bonds is 6. The highest BCUT2D eigenvalue weighted by molar-refractivity contribution is 5.86. The average molecular weight is 339 g/mol. The Bertz CT molecular complexity index is 625. The van der Waals surface area contributed by atoms with Crippen LogP contribution in [0.2, 0.25) is 0 Å². The number of nitrogens with zero attached hydrogens (tertiary/aromatic N) is 2. The van der Waals surface area contributed by atoms with Crippen molar-refractivity contribution < 1.29 is 9.32 Å². The van der Waals surface area contributed by atoms with Crippen molar-refractivity contribution >= 4 is 29.3 Å². The lowest BCUT2D eigenvalue weighted by atomic mass is 10.1. The van der Waals surface area contributed by atoms with Crippen molar-refractivity contribution in [3.8, 4) is 0 Å². The normalized spacial score (nSPS) is 15.3. The predicted octanol–water partition coefficient (Wildman–Crippen LogP) is 1.20. The summed E-state index contributed by atoms with van der Waals surface area (Å²) < 4.78 is 5.21. The third-order valence-electron chi connectivity index (χ3n) is 3.96. The third kappa shape index (κ3) is 4.92. The Kier molecular flexibility index (Phi) is 6.83. The highest BCUT2D eigenvalue weighted by atomic mass is 35.5. The molecule has 6 nitrogen and oxygen atoms in total. The van der Waals surface area contributed by atoms with E-state index in [9.17, 15) is 4.79 Å². The molecule has 1 saturated heterocycles. The summed E-state index contributed by atoms with van der Waals surface area (Å²) in [5.74, 6) is -0.000589. The van der Waals surface area contributed by atoms with Gasteiger partial charge in [0.25, 0.3) is 0 Å². The second kappa shape index (κ2) is 8.86. The topological polar surface area (TPSA) is 70.4 Å². The SMILES string of the molecule is Cl.O=C(Cc1noc2ccccc12)NCCCN1CCNCC1. The molecule has 1 fully saturated rings. The van der Waals surface area contributed by atoms with E-state index in [0.717, 1.165) is 50.1 Å². The lowest BCUT2D eigenvalue weighted by molar-refractivity contribution is -0.120. The Hall–Kier alpha value is -1.63. The van der Waals surface area contributed by atoms with Crippen molar-refractivity contribution in [2.24, 2.45) is 0 Å². The molecule has 0 saturated carbocycles. The highest BCUT2D eigenvalue weighted by Gasteiger charge is 2.12. The van der Waals surface area contributed by atoms with Gasteiger partial charge in [-0.2, -0.15) is 0 Å². The molecule has 0 unspecified atom stereocenters. The van der Waals surface area contributed by atoms with E-state index in [1.54, 1.807) is 0 Å². The molecule has 7 heteroatoms. The summed E-state index contributed by atoms with van der Waals surface area (Å²) in [6, 6.07) is 7.61. The second-order valence-electron chi connectivity index (χ2n) is 5.60. The summed E-state index contributed by atoms with van der Waals surface area (Å²) in [5, 5.41) is 11.2. The van der Waals surface area contributed by atoms with Crippen molar-refractivity contribution in [3.05, 3.63) is 30.0 Å². The van der Waals surface area contributed by atoms with E-state index < -0.39 is 0 Å². The quantitative estimate of drug-likeness (QED) is 0.775. The molecule has 0 atom stereocenters. The molecule has 0 radical (unpaired) electrons. The lowest BCUT2D eigenvalue weighted by Gasteiger charge is -2.27. The van der Waals surface area contributed by atoms with Crippen LogP contribution >= 0.6 is 12.4 Å². The number of aromatic nitrogens is 1. The maximum Gasteiger partial charge on any atom is 0.226 e. The van der Waals surface area contributed by atoms with E-state index >= 15 is 0 Å². The van der Waals surface area contributed by atoms with Gasteiger partial charge in [0.15, 0.2) is 5.58 Å². The molecule has 0 spiro atoms. The van der Waals surface area contributed by atoms with Crippen LogP contribution in [-0.4, -0.2) is 55.2 Å². The van der Waals surface area contributed by atoms with Gasteiger partial charge in [0.1, 0.15) is 5.69 Å². The van der Waals surface area contributed by atoms with E-state index in [-0.39, 0.29) is 24.7 Å². The summed E-state index contributed by atoms with van der Waals surface area (Å²) in [5.41, 5.74) is 1.43. The van der Waals surface area contributed by atoms with Crippen LogP contribution in [0.15, 0.2) is 28.8 Å². The van der Waals surface area contributed by atoms with Crippen molar-refractivity contribution in [1.29, 1.82) is 0 Å². The molecule has 1 aliphatic heterocycles. The van der Waals surface area contributed by atoms with Gasteiger partial charge in [0.2, 0.25) is 5.91 Å². The first kappa shape index (κ1) is 17.7. The first-order valence-electron chi connectivity index (χ1n) is 7.86. The van der Waals surface area contributed by atoms with Crippen molar-refractivity contribution in [3.63, 3.8) is 0 Å². The third-order valence-corrected chi connectivity index (χ3v) is 3.96. The first-order chi connectivity index (χ1) is 10.8. The van der Waals surface area contributed by atoms with Crippen LogP contribution in [0.3, 0.4) is 0 Å². The smallest absolute Gasteiger partial charge is 0.226 e. The predicted molar refractivity (Wildman–Crippen MR) is 91.9 cm³/mol. The number of benzene rings is 1. The van der Waals surface area contributed by atoms with Crippen LogP contribution in [0, 0.1) is 0 Å². The van der Waals surface area contributed by atoms with Gasteiger partial charge in [0.05, 0.1) is 6.42 Å². The number of hydrogen-bond acceptors (Lipinski definition) is 5. The molecule has 1 amide bonds. The molecule has 2 aromatic rings. The molecule has 23 heavy (non-hydrogen) atoms. The van der Waals surface area contributed by atoms with Gasteiger partial charge in [0, 0.05) is 38.1 Å². The monoisotopic (exact) mass is 338 g/mol. The molecular formula is C16H23ClN4O2. The summed E-state index contributed by atoms with van der Waals surface area (Å²) in [4.78, 5) is 14.4. The Morgan fingerprint density at radius 3 is 2.91 bits per heavy atom. The van der Waals surface area contributed by atoms with Gasteiger partial charge in [-0.05, 0) is 25.1 Å². The highest BCUT2D eigenvalue weighted by Crippen LogP contribution is 2.17. The van der Waals surface area contributed by atoms with E-state index in [2.05, 4.69) is 20.7 Å². The van der Waals surface area contributed by atoms with Crippen molar-refractivity contribution in [1.82, 2.24) is 20.7 Å². The largest absolute Gasteiger partial charge is 0.356 e. The van der Waals surface area contributed by atoms with Crippen LogP contribution in [0.5, 0.6) is 0 Å². The van der Waals surface area contributed by atoms with Crippen molar-refractivity contribution in [2.75, 3.05) is 39.3 Å². The van der Waals surface area contributed by atoms with Gasteiger partial charge in [-0.1, -0.05) is 17.3 Å². The molecule has 1 aliphatic rings. The number of piperazine rings is 1. The number of para-hydroxylation sites is 1. The summed E-state index contributed by atoms with van der Waals surface area (Å²) in [6.07, 6.45) is 1.25. The fourth-order valence-corrected chi connectivity index (χ4v) is 2.75. The standard InChI is InChI=1S/C16H22N4O2.ClH/c21-16(18-6-3-9-20-10-7-17-8-11-20)12-14-13-4-1-2-5-15(13)22-19-14;/h1-2,4-5,17H,3,6-12H2,(H,18,21);1H. The van der Waals surface area contributed by atoms with E-state index in [1.807, 2.05) is 24.3 Å². The van der Waals surface area contributed by atoms with Gasteiger partial charge in [-0.3, -0.25) is 4.79 Å². The van der Waals surface area contributed by atoms with Crippen LogP contribution in [0.25, 0.3) is 11.0 Å².